The smallest absolute Gasteiger partial charge is 0.320 e. The number of carbonyl (C=O) groups excluding carboxylic acids is 2. The Kier molecular flexibility index (Phi) is 5.17. The molecule has 1 unspecified atom stereocenters. The number of piperazine rings is 1. The minimum Gasteiger partial charge on any atom is -0.358 e. The molecule has 0 spiro atoms. The molecule has 2 aromatic rings. The van der Waals surface area contributed by atoms with Crippen LogP contribution in [0.15, 0.2) is 18.2 Å². The molecule has 6 nitrogen and oxygen atoms in total. The van der Waals surface area contributed by atoms with Crippen molar-refractivity contribution in [2.75, 3.05) is 39.3 Å². The summed E-state index contributed by atoms with van der Waals surface area (Å²) in [5.41, 5.74) is 4.65. The molecule has 1 N–H and O–H groups in total. The molecule has 160 valence electrons. The number of nitrogens with zero attached hydrogens (tertiary/aromatic N) is 3. The number of urea groups is 1. The van der Waals surface area contributed by atoms with Crippen molar-refractivity contribution in [2.45, 2.75) is 45.4 Å². The summed E-state index contributed by atoms with van der Waals surface area (Å²) in [6.07, 6.45) is 6.85. The van der Waals surface area contributed by atoms with Gasteiger partial charge in [0.1, 0.15) is 0 Å². The topological polar surface area (TPSA) is 59.7 Å². The van der Waals surface area contributed by atoms with E-state index < -0.39 is 0 Å². The molecule has 3 amide bonds. The molecule has 1 atom stereocenters. The van der Waals surface area contributed by atoms with Gasteiger partial charge in [0.2, 0.25) is 0 Å². The van der Waals surface area contributed by atoms with E-state index in [9.17, 15) is 9.59 Å². The number of carbonyl (C=O) groups is 2. The Morgan fingerprint density at radius 3 is 2.40 bits per heavy atom. The highest BCUT2D eigenvalue weighted by Gasteiger charge is 2.29. The summed E-state index contributed by atoms with van der Waals surface area (Å²) in [6.45, 7) is 6.52. The normalized spacial score (nSPS) is 22.3. The van der Waals surface area contributed by atoms with Gasteiger partial charge in [0, 0.05) is 61.4 Å². The van der Waals surface area contributed by atoms with E-state index in [1.54, 1.807) is 0 Å². The number of aromatic nitrogens is 1. The molecule has 1 aromatic heterocycles. The lowest BCUT2D eigenvalue weighted by atomic mass is 9.87. The summed E-state index contributed by atoms with van der Waals surface area (Å²) >= 11 is 0. The fourth-order valence-corrected chi connectivity index (χ4v) is 5.29. The van der Waals surface area contributed by atoms with Crippen molar-refractivity contribution in [1.29, 1.82) is 0 Å². The number of piperidine rings is 1. The van der Waals surface area contributed by atoms with Crippen molar-refractivity contribution in [2.24, 2.45) is 5.92 Å². The molecule has 30 heavy (non-hydrogen) atoms. The van der Waals surface area contributed by atoms with Gasteiger partial charge in [-0.05, 0) is 68.2 Å². The van der Waals surface area contributed by atoms with Crippen LogP contribution in [0.25, 0.3) is 10.9 Å². The number of H-pyrrole nitrogens is 1. The maximum Gasteiger partial charge on any atom is 0.320 e. The van der Waals surface area contributed by atoms with Gasteiger partial charge < -0.3 is 19.7 Å². The molecule has 3 aliphatic rings. The SMILES string of the molecule is CC1CCc2[nH]c3ccc(C(=O)N4CCN(C(=O)N5CCCCC5)CC4)cc3c2C1. The molecule has 0 saturated carbocycles. The van der Waals surface area contributed by atoms with Gasteiger partial charge in [-0.1, -0.05) is 6.92 Å². The van der Waals surface area contributed by atoms with Gasteiger partial charge in [-0.25, -0.2) is 4.79 Å². The van der Waals surface area contributed by atoms with E-state index in [2.05, 4.69) is 24.0 Å². The molecular weight excluding hydrogens is 376 g/mol. The average Bonchev–Trinajstić information content (AvgIpc) is 3.16. The molecule has 1 aliphatic carbocycles. The fourth-order valence-electron chi connectivity index (χ4n) is 5.29. The van der Waals surface area contributed by atoms with Crippen LogP contribution in [0.3, 0.4) is 0 Å². The van der Waals surface area contributed by atoms with Crippen LogP contribution in [-0.4, -0.2) is 70.9 Å². The van der Waals surface area contributed by atoms with Crippen molar-refractivity contribution in [3.63, 3.8) is 0 Å². The van der Waals surface area contributed by atoms with Gasteiger partial charge in [-0.3, -0.25) is 4.79 Å². The molecule has 2 saturated heterocycles. The Labute approximate surface area is 178 Å². The third kappa shape index (κ3) is 3.57. The number of rotatable bonds is 1. The third-order valence-corrected chi connectivity index (χ3v) is 7.15. The third-order valence-electron chi connectivity index (χ3n) is 7.15. The predicted molar refractivity (Wildman–Crippen MR) is 118 cm³/mol. The largest absolute Gasteiger partial charge is 0.358 e. The van der Waals surface area contributed by atoms with Crippen LogP contribution in [0, 0.1) is 5.92 Å². The molecule has 2 fully saturated rings. The van der Waals surface area contributed by atoms with Crippen LogP contribution < -0.4 is 0 Å². The van der Waals surface area contributed by atoms with Crippen molar-refractivity contribution in [3.8, 4) is 0 Å². The van der Waals surface area contributed by atoms with Crippen LogP contribution in [0.5, 0.6) is 0 Å². The van der Waals surface area contributed by atoms with Crippen LogP contribution >= 0.6 is 0 Å². The number of aryl methyl sites for hydroxylation is 1. The molecule has 5 rings (SSSR count). The van der Waals surface area contributed by atoms with Gasteiger partial charge in [0.05, 0.1) is 0 Å². The zero-order valence-corrected chi connectivity index (χ0v) is 18.0. The summed E-state index contributed by atoms with van der Waals surface area (Å²) in [6, 6.07) is 6.23. The first-order valence-electron chi connectivity index (χ1n) is 11.6. The minimum atomic E-state index is 0.0841. The van der Waals surface area contributed by atoms with Crippen LogP contribution in [-0.2, 0) is 12.8 Å². The van der Waals surface area contributed by atoms with Crippen LogP contribution in [0.1, 0.15) is 54.2 Å². The number of likely N-dealkylation sites (tertiary alicyclic amines) is 1. The highest BCUT2D eigenvalue weighted by molar-refractivity contribution is 5.99. The number of fused-ring (bicyclic) bond motifs is 3. The number of benzene rings is 1. The van der Waals surface area contributed by atoms with E-state index in [1.165, 1.54) is 29.5 Å². The standard InChI is InChI=1S/C24H32N4O2/c1-17-5-7-21-19(15-17)20-16-18(6-8-22(20)25-21)23(29)26-11-13-28(14-12-26)24(30)27-9-3-2-4-10-27/h6,8,16-17,25H,2-5,7,9-15H2,1H3. The summed E-state index contributed by atoms with van der Waals surface area (Å²) in [7, 11) is 0. The Balaban J connectivity index is 1.27. The Morgan fingerprint density at radius 1 is 0.933 bits per heavy atom. The monoisotopic (exact) mass is 408 g/mol. The first kappa shape index (κ1) is 19.5. The van der Waals surface area contributed by atoms with E-state index in [0.29, 0.717) is 32.1 Å². The van der Waals surface area contributed by atoms with Gasteiger partial charge >= 0.3 is 6.03 Å². The van der Waals surface area contributed by atoms with Crippen LogP contribution in [0.4, 0.5) is 4.79 Å². The summed E-state index contributed by atoms with van der Waals surface area (Å²) < 4.78 is 0. The van der Waals surface area contributed by atoms with E-state index >= 15 is 0 Å². The van der Waals surface area contributed by atoms with Crippen molar-refractivity contribution in [3.05, 3.63) is 35.0 Å². The van der Waals surface area contributed by atoms with Gasteiger partial charge in [-0.15, -0.1) is 0 Å². The van der Waals surface area contributed by atoms with E-state index in [4.69, 9.17) is 0 Å². The van der Waals surface area contributed by atoms with Gasteiger partial charge in [0.15, 0.2) is 0 Å². The Morgan fingerprint density at radius 2 is 1.63 bits per heavy atom. The van der Waals surface area contributed by atoms with Gasteiger partial charge in [0.25, 0.3) is 5.91 Å². The number of amides is 3. The predicted octanol–water partition coefficient (Wildman–Crippen LogP) is 3.66. The zero-order chi connectivity index (χ0) is 20.7. The molecule has 1 aromatic carbocycles. The fraction of sp³-hybridized carbons (Fsp3) is 0.583. The van der Waals surface area contributed by atoms with Crippen molar-refractivity contribution < 1.29 is 9.59 Å². The molecular formula is C24H32N4O2. The number of aromatic amines is 1. The molecule has 3 heterocycles. The number of hydrogen-bond acceptors (Lipinski definition) is 2. The lowest BCUT2D eigenvalue weighted by Gasteiger charge is -2.38. The second-order valence-corrected chi connectivity index (χ2v) is 9.30. The van der Waals surface area contributed by atoms with E-state index in [0.717, 1.165) is 49.9 Å². The molecule has 6 heteroatoms. The summed E-state index contributed by atoms with van der Waals surface area (Å²) in [4.78, 5) is 35.3. The second-order valence-electron chi connectivity index (χ2n) is 9.30. The van der Waals surface area contributed by atoms with E-state index in [-0.39, 0.29) is 11.9 Å². The molecule has 2 aliphatic heterocycles. The summed E-state index contributed by atoms with van der Waals surface area (Å²) in [5, 5.41) is 1.21. The van der Waals surface area contributed by atoms with Crippen molar-refractivity contribution >= 4 is 22.8 Å². The Hall–Kier alpha value is -2.50. The van der Waals surface area contributed by atoms with Crippen LogP contribution in [0.2, 0.25) is 0 Å². The maximum atomic E-state index is 13.2. The maximum absolute atomic E-state index is 13.2. The van der Waals surface area contributed by atoms with Gasteiger partial charge in [-0.2, -0.15) is 0 Å². The first-order chi connectivity index (χ1) is 14.6. The highest BCUT2D eigenvalue weighted by atomic mass is 16.2. The van der Waals surface area contributed by atoms with E-state index in [1.807, 2.05) is 20.8 Å². The highest BCUT2D eigenvalue weighted by Crippen LogP contribution is 2.32. The number of hydrogen-bond donors (Lipinski definition) is 1. The molecule has 0 bridgehead atoms. The lowest BCUT2D eigenvalue weighted by Crippen LogP contribution is -2.54. The summed E-state index contributed by atoms with van der Waals surface area (Å²) in [5.74, 6) is 0.780. The average molecular weight is 409 g/mol. The minimum absolute atomic E-state index is 0.0841. The lowest BCUT2D eigenvalue weighted by molar-refractivity contribution is 0.0633. The first-order valence-corrected chi connectivity index (χ1v) is 11.6. The quantitative estimate of drug-likeness (QED) is 0.783. The molecule has 0 radical (unpaired) electrons. The zero-order valence-electron chi connectivity index (χ0n) is 18.0. The van der Waals surface area contributed by atoms with Crippen molar-refractivity contribution in [1.82, 2.24) is 19.7 Å². The number of nitrogens with one attached hydrogen (secondary N) is 1. The Bertz CT molecular complexity index is 952. The second kappa shape index (κ2) is 7.97.